The van der Waals surface area contributed by atoms with Gasteiger partial charge in [0, 0.05) is 54.9 Å². The van der Waals surface area contributed by atoms with Gasteiger partial charge in [-0.3, -0.25) is 14.8 Å². The molecule has 3 saturated heterocycles. The summed E-state index contributed by atoms with van der Waals surface area (Å²) in [4.78, 5) is 18.5. The van der Waals surface area contributed by atoms with Gasteiger partial charge in [0.05, 0.1) is 29.9 Å². The molecule has 0 aliphatic carbocycles. The molecular weight excluding hydrogens is 568 g/mol. The summed E-state index contributed by atoms with van der Waals surface area (Å²) in [5.41, 5.74) is 5.02. The molecule has 6 rings (SSSR count). The van der Waals surface area contributed by atoms with Gasteiger partial charge < -0.3 is 10.6 Å². The largest absolute Gasteiger partial charge is 0.312 e. The Labute approximate surface area is 248 Å². The second-order valence-electron chi connectivity index (χ2n) is 11.6. The zero-order valence-corrected chi connectivity index (χ0v) is 24.7. The van der Waals surface area contributed by atoms with Crippen LogP contribution < -0.4 is 21.6 Å². The Morgan fingerprint density at radius 1 is 1.07 bits per heavy atom. The van der Waals surface area contributed by atoms with Gasteiger partial charge in [-0.15, -0.1) is 5.10 Å². The topological polar surface area (TPSA) is 105 Å². The standard InChI is InChI=1S/C28H36Cl2FN9O/c1-16-12-33-23-13-35-38(2)28(23)17-7-8-32-22(9-17)25(6-4-20(16)31)39-15-34-21(11-27(39)41)19-10-18(29)3-5-24(19)40-14-26(30)36-37-40/h3,5,10-11,14-17,20,22-23,25,28,32-33,35H,4,6-9,12-13H2,1-2H3/t16-,17?,20?,22?,23?,25+,28?/m1/s1. The molecule has 13 heteroatoms. The zero-order chi connectivity index (χ0) is 28.7. The van der Waals surface area contributed by atoms with Gasteiger partial charge in [0.1, 0.15) is 6.17 Å². The number of benzene rings is 1. The van der Waals surface area contributed by atoms with Crippen LogP contribution in [0.5, 0.6) is 0 Å². The van der Waals surface area contributed by atoms with E-state index in [1.807, 2.05) is 6.92 Å². The minimum absolute atomic E-state index is 0.0229. The van der Waals surface area contributed by atoms with Crippen molar-refractivity contribution in [2.75, 3.05) is 26.7 Å². The fraction of sp³-hybridized carbons (Fsp3) is 0.571. The average Bonchev–Trinajstić information content (AvgIpc) is 3.56. The van der Waals surface area contributed by atoms with Crippen LogP contribution in [-0.4, -0.2) is 80.5 Å². The van der Waals surface area contributed by atoms with Crippen LogP contribution in [0, 0.1) is 11.8 Å². The van der Waals surface area contributed by atoms with Gasteiger partial charge >= 0.3 is 0 Å². The number of halogens is 3. The molecule has 0 spiro atoms. The van der Waals surface area contributed by atoms with E-state index in [1.165, 1.54) is 10.7 Å². The molecule has 7 atom stereocenters. The van der Waals surface area contributed by atoms with E-state index < -0.39 is 6.17 Å². The van der Waals surface area contributed by atoms with E-state index in [2.05, 4.69) is 38.4 Å². The average molecular weight is 605 g/mol. The first-order chi connectivity index (χ1) is 19.8. The van der Waals surface area contributed by atoms with E-state index in [0.29, 0.717) is 53.3 Å². The third kappa shape index (κ3) is 5.93. The predicted molar refractivity (Wildman–Crippen MR) is 157 cm³/mol. The van der Waals surface area contributed by atoms with Crippen LogP contribution in [0.2, 0.25) is 10.2 Å². The second kappa shape index (κ2) is 12.1. The third-order valence-electron chi connectivity index (χ3n) is 9.04. The van der Waals surface area contributed by atoms with Crippen LogP contribution in [0.25, 0.3) is 16.9 Å². The summed E-state index contributed by atoms with van der Waals surface area (Å²) < 4.78 is 18.6. The lowest BCUT2D eigenvalue weighted by atomic mass is 9.79. The van der Waals surface area contributed by atoms with E-state index in [9.17, 15) is 4.79 Å². The summed E-state index contributed by atoms with van der Waals surface area (Å²) in [5, 5.41) is 18.2. The van der Waals surface area contributed by atoms with Gasteiger partial charge in [-0.2, -0.15) is 0 Å². The number of nitrogens with zero attached hydrogens (tertiary/aromatic N) is 6. The molecule has 5 heterocycles. The van der Waals surface area contributed by atoms with Gasteiger partial charge in [-0.1, -0.05) is 35.3 Å². The molecule has 3 N–H and O–H groups in total. The molecule has 10 nitrogen and oxygen atoms in total. The van der Waals surface area contributed by atoms with Crippen molar-refractivity contribution in [2.45, 2.75) is 62.9 Å². The highest BCUT2D eigenvalue weighted by atomic mass is 35.5. The molecular formula is C28H36Cl2FN9O. The van der Waals surface area contributed by atoms with Crippen LogP contribution in [0.4, 0.5) is 4.39 Å². The number of piperidine rings is 1. The Morgan fingerprint density at radius 3 is 2.71 bits per heavy atom. The lowest BCUT2D eigenvalue weighted by Crippen LogP contribution is -2.55. The summed E-state index contributed by atoms with van der Waals surface area (Å²) in [6.07, 6.45) is 5.07. The molecule has 2 aromatic heterocycles. The highest BCUT2D eigenvalue weighted by Gasteiger charge is 2.42. The Morgan fingerprint density at radius 2 is 1.93 bits per heavy atom. The van der Waals surface area contributed by atoms with E-state index >= 15 is 4.39 Å². The van der Waals surface area contributed by atoms with Gasteiger partial charge in [0.15, 0.2) is 5.15 Å². The second-order valence-corrected chi connectivity index (χ2v) is 12.5. The Bertz CT molecular complexity index is 1430. The van der Waals surface area contributed by atoms with Crippen LogP contribution in [-0.2, 0) is 0 Å². The number of nitrogens with one attached hydrogen (secondary N) is 3. The number of aromatic nitrogens is 5. The first-order valence-corrected chi connectivity index (χ1v) is 15.1. The molecule has 41 heavy (non-hydrogen) atoms. The monoisotopic (exact) mass is 603 g/mol. The normalized spacial score (nSPS) is 31.3. The maximum absolute atomic E-state index is 15.4. The number of fused-ring (bicyclic) bond motifs is 4. The first-order valence-electron chi connectivity index (χ1n) is 14.3. The highest BCUT2D eigenvalue weighted by molar-refractivity contribution is 6.31. The molecule has 220 valence electrons. The van der Waals surface area contributed by atoms with Crippen LogP contribution >= 0.6 is 23.2 Å². The third-order valence-corrected chi connectivity index (χ3v) is 9.45. The van der Waals surface area contributed by atoms with E-state index in [0.717, 1.165) is 25.9 Å². The van der Waals surface area contributed by atoms with Crippen molar-refractivity contribution >= 4 is 23.2 Å². The minimum atomic E-state index is -0.971. The summed E-state index contributed by atoms with van der Waals surface area (Å²) in [7, 11) is 2.10. The predicted octanol–water partition coefficient (Wildman–Crippen LogP) is 3.25. The Kier molecular flexibility index (Phi) is 8.44. The van der Waals surface area contributed by atoms with E-state index in [1.54, 1.807) is 35.3 Å². The maximum atomic E-state index is 15.4. The van der Waals surface area contributed by atoms with Crippen molar-refractivity contribution in [1.82, 2.24) is 45.6 Å². The van der Waals surface area contributed by atoms with Crippen molar-refractivity contribution in [3.05, 3.63) is 57.3 Å². The minimum Gasteiger partial charge on any atom is -0.312 e. The Balaban J connectivity index is 1.35. The summed E-state index contributed by atoms with van der Waals surface area (Å²) in [5.74, 6) is 0.307. The van der Waals surface area contributed by atoms with Gasteiger partial charge in [0.25, 0.3) is 5.56 Å². The van der Waals surface area contributed by atoms with Gasteiger partial charge in [-0.05, 0) is 62.3 Å². The van der Waals surface area contributed by atoms with Crippen LogP contribution in [0.15, 0.2) is 41.6 Å². The Hall–Kier alpha value is -2.41. The molecule has 0 radical (unpaired) electrons. The molecule has 3 aliphatic heterocycles. The molecule has 0 saturated carbocycles. The number of alkyl halides is 1. The van der Waals surface area contributed by atoms with E-state index in [-0.39, 0.29) is 34.8 Å². The fourth-order valence-electron chi connectivity index (χ4n) is 6.86. The zero-order valence-electron chi connectivity index (χ0n) is 23.2. The van der Waals surface area contributed by atoms with Gasteiger partial charge in [0.2, 0.25) is 0 Å². The lowest BCUT2D eigenvalue weighted by Gasteiger charge is -2.42. The SMILES string of the molecule is C[C@@H]1CNC2CNN(C)C2C2CCNC(C2)[C@@H](n2cnc(-c3cc(Cl)ccc3-n3cc(Cl)nn3)cc2=O)CCC1F. The van der Waals surface area contributed by atoms with Crippen LogP contribution in [0.3, 0.4) is 0 Å². The fourth-order valence-corrected chi connectivity index (χ4v) is 7.15. The number of rotatable bonds is 3. The van der Waals surface area contributed by atoms with Crippen molar-refractivity contribution in [2.24, 2.45) is 11.8 Å². The van der Waals surface area contributed by atoms with Crippen LogP contribution in [0.1, 0.15) is 38.6 Å². The van der Waals surface area contributed by atoms with Crippen molar-refractivity contribution in [3.8, 4) is 16.9 Å². The summed E-state index contributed by atoms with van der Waals surface area (Å²) in [6.45, 7) is 4.28. The molecule has 0 amide bonds. The summed E-state index contributed by atoms with van der Waals surface area (Å²) >= 11 is 12.3. The molecule has 3 fully saturated rings. The van der Waals surface area contributed by atoms with Crippen molar-refractivity contribution in [1.29, 1.82) is 0 Å². The highest BCUT2D eigenvalue weighted by Crippen LogP contribution is 2.34. The molecule has 3 aliphatic rings. The first kappa shape index (κ1) is 28.7. The molecule has 3 aromatic rings. The maximum Gasteiger partial charge on any atom is 0.254 e. The molecule has 5 unspecified atom stereocenters. The number of hydrogen-bond acceptors (Lipinski definition) is 8. The molecule has 1 aromatic carbocycles. The summed E-state index contributed by atoms with van der Waals surface area (Å²) in [6, 6.07) is 7.14. The lowest BCUT2D eigenvalue weighted by molar-refractivity contribution is 0.101. The number of likely N-dealkylation sites (N-methyl/N-ethyl adjacent to an activating group) is 1. The number of hydrogen-bond donors (Lipinski definition) is 3. The quantitative estimate of drug-likeness (QED) is 0.419. The van der Waals surface area contributed by atoms with Crippen molar-refractivity contribution < 1.29 is 4.39 Å². The number of hydrazine groups is 1. The molecule has 2 bridgehead atoms. The smallest absolute Gasteiger partial charge is 0.254 e. The van der Waals surface area contributed by atoms with E-state index in [4.69, 9.17) is 28.2 Å². The van der Waals surface area contributed by atoms with Crippen molar-refractivity contribution in [3.63, 3.8) is 0 Å². The van der Waals surface area contributed by atoms with Gasteiger partial charge in [-0.25, -0.2) is 19.1 Å².